The van der Waals surface area contributed by atoms with Crippen LogP contribution in [0.2, 0.25) is 0 Å². The number of hydrogen-bond donors (Lipinski definition) is 4. The van der Waals surface area contributed by atoms with Gasteiger partial charge in [0, 0.05) is 31.1 Å². The van der Waals surface area contributed by atoms with Gasteiger partial charge in [0.15, 0.2) is 0 Å². The molecule has 5 N–H and O–H groups in total. The number of amides is 1. The third-order valence-electron chi connectivity index (χ3n) is 7.05. The average molecular weight is 488 g/mol. The largest absolute Gasteiger partial charge is 0.390 e. The van der Waals surface area contributed by atoms with E-state index in [1.165, 1.54) is 24.6 Å². The second kappa shape index (κ2) is 11.1. The Morgan fingerprint density at radius 1 is 1.14 bits per heavy atom. The lowest BCUT2D eigenvalue weighted by atomic mass is 9.73. The van der Waals surface area contributed by atoms with Crippen LogP contribution in [0.4, 0.5) is 8.78 Å². The number of rotatable bonds is 8. The van der Waals surface area contributed by atoms with Gasteiger partial charge in [0.1, 0.15) is 11.6 Å². The first-order valence-corrected chi connectivity index (χ1v) is 12.4. The van der Waals surface area contributed by atoms with Gasteiger partial charge in [-0.3, -0.25) is 4.79 Å². The molecule has 0 heterocycles. The van der Waals surface area contributed by atoms with Gasteiger partial charge in [0.05, 0.1) is 12.1 Å². The fraction of sp³-hybridized carbons (Fsp3) is 0.536. The molecule has 192 valence electrons. The molecule has 0 bridgehead atoms. The van der Waals surface area contributed by atoms with Crippen molar-refractivity contribution in [1.29, 1.82) is 0 Å². The first-order valence-electron chi connectivity index (χ1n) is 12.4. The van der Waals surface area contributed by atoms with Crippen LogP contribution in [0.5, 0.6) is 0 Å². The van der Waals surface area contributed by atoms with Gasteiger partial charge >= 0.3 is 0 Å². The Hall–Kier alpha value is -2.35. The number of carbonyl (C=O) groups is 1. The highest BCUT2D eigenvalue weighted by Gasteiger charge is 2.37. The number of nitrogens with two attached hydrogens (primary N) is 1. The maximum atomic E-state index is 13.7. The number of halogens is 2. The van der Waals surface area contributed by atoms with E-state index in [4.69, 9.17) is 5.73 Å². The van der Waals surface area contributed by atoms with Crippen molar-refractivity contribution >= 4 is 5.91 Å². The van der Waals surface area contributed by atoms with Crippen molar-refractivity contribution in [3.63, 3.8) is 0 Å². The molecule has 3 rings (SSSR count). The monoisotopic (exact) mass is 487 g/mol. The molecule has 35 heavy (non-hydrogen) atoms. The van der Waals surface area contributed by atoms with Crippen molar-refractivity contribution in [2.45, 2.75) is 88.9 Å². The van der Waals surface area contributed by atoms with Crippen LogP contribution >= 0.6 is 0 Å². The lowest BCUT2D eigenvalue weighted by Gasteiger charge is -2.42. The molecule has 2 aromatic rings. The van der Waals surface area contributed by atoms with Crippen molar-refractivity contribution in [1.82, 2.24) is 10.6 Å². The summed E-state index contributed by atoms with van der Waals surface area (Å²) >= 11 is 0. The summed E-state index contributed by atoms with van der Waals surface area (Å²) in [7, 11) is 0. The van der Waals surface area contributed by atoms with Crippen LogP contribution in [0.25, 0.3) is 0 Å². The topological polar surface area (TPSA) is 87.4 Å². The number of aliphatic hydroxyl groups excluding tert-OH is 1. The average Bonchev–Trinajstić information content (AvgIpc) is 2.77. The lowest BCUT2D eigenvalue weighted by molar-refractivity contribution is -0.120. The van der Waals surface area contributed by atoms with Crippen molar-refractivity contribution in [3.8, 4) is 0 Å². The molecule has 0 aliphatic heterocycles. The molecular formula is C28H39F2N3O2. The van der Waals surface area contributed by atoms with E-state index in [1.807, 2.05) is 0 Å². The molecule has 1 aliphatic carbocycles. The van der Waals surface area contributed by atoms with E-state index < -0.39 is 23.8 Å². The Kier molecular flexibility index (Phi) is 8.67. The van der Waals surface area contributed by atoms with Gasteiger partial charge in [0.2, 0.25) is 5.91 Å². The van der Waals surface area contributed by atoms with Gasteiger partial charge < -0.3 is 21.5 Å². The van der Waals surface area contributed by atoms with Crippen LogP contribution in [0.1, 0.15) is 70.1 Å². The van der Waals surface area contributed by atoms with Crippen LogP contribution in [0.3, 0.4) is 0 Å². The van der Waals surface area contributed by atoms with Crippen LogP contribution in [0, 0.1) is 11.6 Å². The molecule has 1 fully saturated rings. The molecule has 0 saturated heterocycles. The maximum Gasteiger partial charge on any atom is 0.217 e. The van der Waals surface area contributed by atoms with Gasteiger partial charge in [-0.1, -0.05) is 45.0 Å². The van der Waals surface area contributed by atoms with Gasteiger partial charge in [-0.05, 0) is 66.3 Å². The minimum absolute atomic E-state index is 0.00147. The standard InChI is InChI=1S/C28H39F2N3O2/c1-18(34)33-25(14-19-12-22(29)16-23(30)13-19)26(35)17-32-28(10-8-24(31)9-11-28)21-7-5-6-20(15-21)27(2,3)4/h5-7,12-13,15-16,24-26,32,35H,8-11,14,17,31H2,1-4H3,(H,33,34)/t24?,25-,26+,28?/m0/s1. The number of nitrogens with one attached hydrogen (secondary N) is 2. The van der Waals surface area contributed by atoms with Gasteiger partial charge in [-0.25, -0.2) is 8.78 Å². The first-order chi connectivity index (χ1) is 16.4. The third kappa shape index (κ3) is 7.32. The smallest absolute Gasteiger partial charge is 0.217 e. The van der Waals surface area contributed by atoms with E-state index in [2.05, 4.69) is 55.7 Å². The van der Waals surface area contributed by atoms with E-state index >= 15 is 0 Å². The molecule has 1 aliphatic rings. The molecule has 2 atom stereocenters. The molecule has 2 aromatic carbocycles. The minimum atomic E-state index is -0.969. The van der Waals surface area contributed by atoms with Crippen LogP contribution in [-0.4, -0.2) is 35.7 Å². The Labute approximate surface area is 207 Å². The van der Waals surface area contributed by atoms with Crippen molar-refractivity contribution in [3.05, 3.63) is 70.8 Å². The summed E-state index contributed by atoms with van der Waals surface area (Å²) in [6.07, 6.45) is 2.52. The zero-order valence-electron chi connectivity index (χ0n) is 21.2. The molecule has 1 saturated carbocycles. The summed E-state index contributed by atoms with van der Waals surface area (Å²) in [5.74, 6) is -1.70. The highest BCUT2D eigenvalue weighted by Crippen LogP contribution is 2.38. The quantitative estimate of drug-likeness (QED) is 0.452. The predicted octanol–water partition coefficient (Wildman–Crippen LogP) is 4.06. The van der Waals surface area contributed by atoms with E-state index in [0.717, 1.165) is 37.3 Å². The second-order valence-electron chi connectivity index (χ2n) is 11.0. The molecule has 0 aromatic heterocycles. The molecule has 7 heteroatoms. The van der Waals surface area contributed by atoms with Gasteiger partial charge in [-0.15, -0.1) is 0 Å². The Morgan fingerprint density at radius 3 is 2.34 bits per heavy atom. The van der Waals surface area contributed by atoms with E-state index in [1.54, 1.807) is 0 Å². The first kappa shape index (κ1) is 27.2. The van der Waals surface area contributed by atoms with E-state index in [9.17, 15) is 18.7 Å². The van der Waals surface area contributed by atoms with Gasteiger partial charge in [0.25, 0.3) is 0 Å². The summed E-state index contributed by atoms with van der Waals surface area (Å²) in [6.45, 7) is 8.11. The maximum absolute atomic E-state index is 13.7. The molecule has 0 unspecified atom stereocenters. The molecule has 1 amide bonds. The zero-order chi connectivity index (χ0) is 25.8. The van der Waals surface area contributed by atoms with Crippen molar-refractivity contribution in [2.24, 2.45) is 5.73 Å². The molecule has 0 radical (unpaired) electrons. The number of hydrogen-bond acceptors (Lipinski definition) is 4. The summed E-state index contributed by atoms with van der Waals surface area (Å²) < 4.78 is 27.4. The highest BCUT2D eigenvalue weighted by atomic mass is 19.1. The van der Waals surface area contributed by atoms with Gasteiger partial charge in [-0.2, -0.15) is 0 Å². The Bertz CT molecular complexity index is 993. The van der Waals surface area contributed by atoms with Crippen molar-refractivity contribution in [2.75, 3.05) is 6.54 Å². The lowest BCUT2D eigenvalue weighted by Crippen LogP contribution is -2.54. The number of carbonyl (C=O) groups excluding carboxylic acids is 1. The second-order valence-corrected chi connectivity index (χ2v) is 11.0. The molecule has 5 nitrogen and oxygen atoms in total. The third-order valence-corrected chi connectivity index (χ3v) is 7.05. The van der Waals surface area contributed by atoms with Crippen LogP contribution in [-0.2, 0) is 22.2 Å². The summed E-state index contributed by atoms with van der Waals surface area (Å²) in [5, 5.41) is 17.5. The normalized spacial score (nSPS) is 22.5. The van der Waals surface area contributed by atoms with Crippen LogP contribution in [0.15, 0.2) is 42.5 Å². The minimum Gasteiger partial charge on any atom is -0.390 e. The van der Waals surface area contributed by atoms with Crippen molar-refractivity contribution < 1.29 is 18.7 Å². The molecular weight excluding hydrogens is 448 g/mol. The van der Waals surface area contributed by atoms with E-state index in [0.29, 0.717) is 5.56 Å². The Balaban J connectivity index is 1.82. The number of benzene rings is 2. The highest BCUT2D eigenvalue weighted by molar-refractivity contribution is 5.73. The summed E-state index contributed by atoms with van der Waals surface area (Å²) in [4.78, 5) is 11.8. The predicted molar refractivity (Wildman–Crippen MR) is 135 cm³/mol. The SMILES string of the molecule is CC(=O)N[C@@H](Cc1cc(F)cc(F)c1)[C@H](O)CNC1(c2cccc(C(C)(C)C)c2)CCC(N)CC1. The summed E-state index contributed by atoms with van der Waals surface area (Å²) in [5.41, 5.74) is 8.62. The summed E-state index contributed by atoms with van der Waals surface area (Å²) in [6, 6.07) is 11.2. The molecule has 0 spiro atoms. The van der Waals surface area contributed by atoms with E-state index in [-0.39, 0.29) is 35.9 Å². The fourth-order valence-electron chi connectivity index (χ4n) is 4.95. The van der Waals surface area contributed by atoms with Crippen LogP contribution < -0.4 is 16.4 Å². The number of aliphatic hydroxyl groups is 1. The zero-order valence-corrected chi connectivity index (χ0v) is 21.2. The fourth-order valence-corrected chi connectivity index (χ4v) is 4.95. The Morgan fingerprint density at radius 2 is 1.77 bits per heavy atom.